The second kappa shape index (κ2) is 7.24. The van der Waals surface area contributed by atoms with Crippen LogP contribution in [0.15, 0.2) is 55.0 Å². The molecule has 9 heteroatoms. The lowest BCUT2D eigenvalue weighted by Crippen LogP contribution is -2.14. The number of hydrogen-bond acceptors (Lipinski definition) is 5. The summed E-state index contributed by atoms with van der Waals surface area (Å²) in [5, 5.41) is 15.3. The Hall–Kier alpha value is -3.52. The third-order valence-electron chi connectivity index (χ3n) is 4.21. The average Bonchev–Trinajstić information content (AvgIpc) is 3.25. The van der Waals surface area contributed by atoms with Gasteiger partial charge in [-0.3, -0.25) is 4.79 Å². The Morgan fingerprint density at radius 1 is 1.14 bits per heavy atom. The van der Waals surface area contributed by atoms with E-state index in [1.165, 1.54) is 4.68 Å². The zero-order chi connectivity index (χ0) is 19.7. The van der Waals surface area contributed by atoms with Crippen LogP contribution in [0.4, 0.5) is 5.82 Å². The van der Waals surface area contributed by atoms with Crippen molar-refractivity contribution < 1.29 is 4.79 Å². The van der Waals surface area contributed by atoms with Gasteiger partial charge in [0, 0.05) is 18.8 Å². The first-order valence-electron chi connectivity index (χ1n) is 8.47. The van der Waals surface area contributed by atoms with Crippen LogP contribution in [-0.2, 0) is 7.05 Å². The Balaban J connectivity index is 1.58. The fourth-order valence-electron chi connectivity index (χ4n) is 2.82. The number of pyridine rings is 1. The van der Waals surface area contributed by atoms with Gasteiger partial charge in [-0.1, -0.05) is 29.8 Å². The minimum atomic E-state index is -0.372. The molecule has 3 heterocycles. The Labute approximate surface area is 165 Å². The number of halogens is 1. The minimum absolute atomic E-state index is 0.247. The molecular formula is C19H16ClN7O. The topological polar surface area (TPSA) is 90.5 Å². The van der Waals surface area contributed by atoms with Crippen molar-refractivity contribution in [3.05, 3.63) is 71.4 Å². The molecule has 1 N–H and O–H groups in total. The van der Waals surface area contributed by atoms with Crippen molar-refractivity contribution in [3.63, 3.8) is 0 Å². The summed E-state index contributed by atoms with van der Waals surface area (Å²) in [6.45, 7) is 1.74. The molecule has 28 heavy (non-hydrogen) atoms. The van der Waals surface area contributed by atoms with E-state index in [0.717, 1.165) is 11.3 Å². The minimum Gasteiger partial charge on any atom is -0.317 e. The Morgan fingerprint density at radius 3 is 2.57 bits per heavy atom. The van der Waals surface area contributed by atoms with Crippen LogP contribution in [0.2, 0.25) is 5.15 Å². The summed E-state index contributed by atoms with van der Waals surface area (Å²) in [7, 11) is 1.85. The molecule has 0 aliphatic carbocycles. The number of anilines is 1. The standard InChI is InChI=1S/C19H16ClN7O/c1-12-16(17(20)27(25-12)14-6-4-3-5-7-14)19(28)23-15-9-8-13(10-21-15)18-24-22-11-26(18)2/h3-11H,1-2H3,(H,21,23,28). The van der Waals surface area contributed by atoms with Crippen molar-refractivity contribution in [3.8, 4) is 17.1 Å². The fraction of sp³-hybridized carbons (Fsp3) is 0.105. The summed E-state index contributed by atoms with van der Waals surface area (Å²) in [5.41, 5.74) is 2.41. The third-order valence-corrected chi connectivity index (χ3v) is 4.56. The number of carbonyl (C=O) groups excluding carboxylic acids is 1. The van der Waals surface area contributed by atoms with Crippen LogP contribution in [-0.4, -0.2) is 35.4 Å². The molecule has 0 saturated heterocycles. The van der Waals surface area contributed by atoms with Crippen LogP contribution in [0.25, 0.3) is 17.1 Å². The number of aryl methyl sites for hydroxylation is 2. The largest absolute Gasteiger partial charge is 0.317 e. The molecule has 0 fully saturated rings. The first kappa shape index (κ1) is 17.9. The molecular weight excluding hydrogens is 378 g/mol. The molecule has 0 spiro atoms. The molecule has 4 aromatic rings. The Kier molecular flexibility index (Phi) is 4.62. The van der Waals surface area contributed by atoms with Gasteiger partial charge in [0.2, 0.25) is 0 Å². The van der Waals surface area contributed by atoms with Crippen LogP contribution in [0, 0.1) is 6.92 Å². The number of hydrogen-bond donors (Lipinski definition) is 1. The van der Waals surface area contributed by atoms with Gasteiger partial charge in [-0.25, -0.2) is 9.67 Å². The maximum absolute atomic E-state index is 12.8. The van der Waals surface area contributed by atoms with E-state index >= 15 is 0 Å². The van der Waals surface area contributed by atoms with Crippen LogP contribution >= 0.6 is 11.6 Å². The molecule has 0 aliphatic heterocycles. The van der Waals surface area contributed by atoms with Crippen LogP contribution in [0.3, 0.4) is 0 Å². The van der Waals surface area contributed by atoms with Crippen LogP contribution in [0.5, 0.6) is 0 Å². The van der Waals surface area contributed by atoms with E-state index in [2.05, 4.69) is 25.6 Å². The average molecular weight is 394 g/mol. The predicted molar refractivity (Wildman–Crippen MR) is 105 cm³/mol. The summed E-state index contributed by atoms with van der Waals surface area (Å²) in [5.74, 6) is 0.718. The fourth-order valence-corrected chi connectivity index (χ4v) is 3.18. The van der Waals surface area contributed by atoms with E-state index < -0.39 is 0 Å². The molecule has 0 atom stereocenters. The summed E-state index contributed by atoms with van der Waals surface area (Å²) in [6, 6.07) is 12.9. The molecule has 140 valence electrons. The second-order valence-corrected chi connectivity index (χ2v) is 6.51. The van der Waals surface area contributed by atoms with E-state index in [9.17, 15) is 4.79 Å². The number of carbonyl (C=O) groups is 1. The van der Waals surface area contributed by atoms with Crippen LogP contribution < -0.4 is 5.32 Å². The van der Waals surface area contributed by atoms with Crippen molar-refractivity contribution in [2.45, 2.75) is 6.92 Å². The predicted octanol–water partition coefficient (Wildman–Crippen LogP) is 3.28. The number of nitrogens with zero attached hydrogens (tertiary/aromatic N) is 6. The van der Waals surface area contributed by atoms with Crippen molar-refractivity contribution in [1.82, 2.24) is 29.5 Å². The van der Waals surface area contributed by atoms with Gasteiger partial charge in [0.25, 0.3) is 5.91 Å². The highest BCUT2D eigenvalue weighted by Crippen LogP contribution is 2.24. The molecule has 0 unspecified atom stereocenters. The number of benzene rings is 1. The third kappa shape index (κ3) is 3.25. The Bertz CT molecular complexity index is 1130. The summed E-state index contributed by atoms with van der Waals surface area (Å²) < 4.78 is 3.33. The number of nitrogens with one attached hydrogen (secondary N) is 1. The number of para-hydroxylation sites is 1. The molecule has 0 bridgehead atoms. The maximum Gasteiger partial charge on any atom is 0.261 e. The number of amides is 1. The Morgan fingerprint density at radius 2 is 1.93 bits per heavy atom. The molecule has 1 amide bonds. The highest BCUT2D eigenvalue weighted by atomic mass is 35.5. The smallest absolute Gasteiger partial charge is 0.261 e. The zero-order valence-electron chi connectivity index (χ0n) is 15.2. The SMILES string of the molecule is Cc1nn(-c2ccccc2)c(Cl)c1C(=O)Nc1ccc(-c2nncn2C)cn1. The monoisotopic (exact) mass is 393 g/mol. The molecule has 0 aliphatic rings. The lowest BCUT2D eigenvalue weighted by molar-refractivity contribution is 0.102. The molecule has 1 aromatic carbocycles. The highest BCUT2D eigenvalue weighted by Gasteiger charge is 2.21. The molecule has 3 aromatic heterocycles. The van der Waals surface area contributed by atoms with Crippen molar-refractivity contribution in [1.29, 1.82) is 0 Å². The van der Waals surface area contributed by atoms with E-state index in [0.29, 0.717) is 22.9 Å². The van der Waals surface area contributed by atoms with E-state index in [1.54, 1.807) is 30.1 Å². The molecule has 8 nitrogen and oxygen atoms in total. The van der Waals surface area contributed by atoms with E-state index in [4.69, 9.17) is 11.6 Å². The quantitative estimate of drug-likeness (QED) is 0.574. The number of rotatable bonds is 4. The lowest BCUT2D eigenvalue weighted by Gasteiger charge is -2.06. The molecule has 0 saturated carbocycles. The van der Waals surface area contributed by atoms with Gasteiger partial charge in [-0.2, -0.15) is 5.10 Å². The second-order valence-electron chi connectivity index (χ2n) is 6.15. The zero-order valence-corrected chi connectivity index (χ0v) is 15.9. The first-order valence-corrected chi connectivity index (χ1v) is 8.84. The lowest BCUT2D eigenvalue weighted by atomic mass is 10.2. The molecule has 4 rings (SSSR count). The van der Waals surface area contributed by atoms with Gasteiger partial charge in [-0.05, 0) is 31.2 Å². The first-order chi connectivity index (χ1) is 13.5. The van der Waals surface area contributed by atoms with Gasteiger partial charge in [0.15, 0.2) is 5.82 Å². The maximum atomic E-state index is 12.8. The molecule has 0 radical (unpaired) electrons. The normalized spacial score (nSPS) is 10.8. The van der Waals surface area contributed by atoms with Gasteiger partial charge in [0.1, 0.15) is 22.9 Å². The summed E-state index contributed by atoms with van der Waals surface area (Å²) in [4.78, 5) is 17.0. The van der Waals surface area contributed by atoms with Crippen LogP contribution in [0.1, 0.15) is 16.1 Å². The summed E-state index contributed by atoms with van der Waals surface area (Å²) >= 11 is 6.44. The van der Waals surface area contributed by atoms with Gasteiger partial charge >= 0.3 is 0 Å². The van der Waals surface area contributed by atoms with E-state index in [1.807, 2.05) is 43.4 Å². The van der Waals surface area contributed by atoms with Crippen molar-refractivity contribution in [2.75, 3.05) is 5.32 Å². The summed E-state index contributed by atoms with van der Waals surface area (Å²) in [6.07, 6.45) is 3.24. The van der Waals surface area contributed by atoms with Crippen molar-refractivity contribution in [2.24, 2.45) is 7.05 Å². The van der Waals surface area contributed by atoms with Gasteiger partial charge < -0.3 is 9.88 Å². The van der Waals surface area contributed by atoms with Gasteiger partial charge in [-0.15, -0.1) is 10.2 Å². The number of aromatic nitrogens is 6. The van der Waals surface area contributed by atoms with Gasteiger partial charge in [0.05, 0.1) is 11.4 Å². The highest BCUT2D eigenvalue weighted by molar-refractivity contribution is 6.34. The van der Waals surface area contributed by atoms with Crippen molar-refractivity contribution >= 4 is 23.3 Å². The van der Waals surface area contributed by atoms with E-state index in [-0.39, 0.29) is 11.1 Å².